The molecule has 1 N–H and O–H groups in total. The Morgan fingerprint density at radius 3 is 2.34 bits per heavy atom. The molecule has 0 unspecified atom stereocenters. The third-order valence-electron chi connectivity index (χ3n) is 3.69. The number of rotatable bonds is 5. The summed E-state index contributed by atoms with van der Waals surface area (Å²) in [6.07, 6.45) is -4.60. The molecule has 150 valence electrons. The number of carbonyl (C=O) groups excluding carboxylic acids is 1. The molecule has 29 heavy (non-hydrogen) atoms. The van der Waals surface area contributed by atoms with Crippen LogP contribution in [0.25, 0.3) is 11.3 Å². The highest BCUT2D eigenvalue weighted by molar-refractivity contribution is 7.99. The van der Waals surface area contributed by atoms with Gasteiger partial charge in [0.05, 0.1) is 22.0 Å². The second kappa shape index (κ2) is 9.02. The van der Waals surface area contributed by atoms with Gasteiger partial charge in [-0.15, -0.1) is 10.2 Å². The van der Waals surface area contributed by atoms with Crippen LogP contribution in [-0.2, 0) is 11.0 Å². The second-order valence-electron chi connectivity index (χ2n) is 5.79. The predicted molar refractivity (Wildman–Crippen MR) is 108 cm³/mol. The quantitative estimate of drug-likeness (QED) is 0.463. The van der Waals surface area contributed by atoms with Crippen LogP contribution in [0.5, 0.6) is 0 Å². The first-order valence-corrected chi connectivity index (χ1v) is 9.85. The van der Waals surface area contributed by atoms with E-state index in [2.05, 4.69) is 15.5 Å². The normalized spacial score (nSPS) is 11.3. The Kier molecular flexibility index (Phi) is 6.66. The van der Waals surface area contributed by atoms with E-state index >= 15 is 0 Å². The molecule has 3 rings (SSSR count). The van der Waals surface area contributed by atoms with Crippen molar-refractivity contribution in [2.75, 3.05) is 11.1 Å². The Morgan fingerprint density at radius 1 is 1.00 bits per heavy atom. The van der Waals surface area contributed by atoms with Gasteiger partial charge in [0.2, 0.25) is 5.91 Å². The Bertz CT molecular complexity index is 1010. The molecular weight excluding hydrogens is 446 g/mol. The summed E-state index contributed by atoms with van der Waals surface area (Å²) < 4.78 is 38.7. The molecule has 0 saturated carbocycles. The van der Waals surface area contributed by atoms with Gasteiger partial charge in [0, 0.05) is 16.3 Å². The van der Waals surface area contributed by atoms with E-state index in [9.17, 15) is 18.0 Å². The lowest BCUT2D eigenvalue weighted by Crippen LogP contribution is -2.15. The number of amides is 1. The van der Waals surface area contributed by atoms with Gasteiger partial charge in [-0.3, -0.25) is 4.79 Å². The van der Waals surface area contributed by atoms with Crippen molar-refractivity contribution in [3.63, 3.8) is 0 Å². The molecular formula is C19H12Cl2F3N3OS. The maximum atomic E-state index is 12.9. The predicted octanol–water partition coefficient (Wildman–Crippen LogP) is 6.20. The number of thioether (sulfide) groups is 1. The van der Waals surface area contributed by atoms with E-state index in [1.807, 2.05) is 12.1 Å². The summed E-state index contributed by atoms with van der Waals surface area (Å²) in [5.41, 5.74) is 0.500. The van der Waals surface area contributed by atoms with Crippen LogP contribution in [0, 0.1) is 0 Å². The topological polar surface area (TPSA) is 54.9 Å². The lowest BCUT2D eigenvalue weighted by Gasteiger charge is -2.11. The minimum absolute atomic E-state index is 0.0106. The molecule has 10 heteroatoms. The molecule has 0 spiro atoms. The van der Waals surface area contributed by atoms with Crippen molar-refractivity contribution >= 4 is 46.6 Å². The molecule has 4 nitrogen and oxygen atoms in total. The second-order valence-corrected chi connectivity index (χ2v) is 7.63. The molecule has 0 aliphatic heterocycles. The molecule has 1 aromatic heterocycles. The molecule has 0 aliphatic carbocycles. The number of alkyl halides is 3. The maximum absolute atomic E-state index is 12.9. The number of hydrogen-bond acceptors (Lipinski definition) is 4. The summed E-state index contributed by atoms with van der Waals surface area (Å²) in [5.74, 6) is -0.520. The fourth-order valence-corrected chi connectivity index (χ4v) is 3.29. The molecule has 0 aliphatic rings. The molecule has 2 aromatic carbocycles. The highest BCUT2D eigenvalue weighted by Gasteiger charge is 2.33. The first-order valence-electron chi connectivity index (χ1n) is 8.11. The average molecular weight is 458 g/mol. The van der Waals surface area contributed by atoms with Gasteiger partial charge in [-0.25, -0.2) is 0 Å². The molecule has 0 radical (unpaired) electrons. The monoisotopic (exact) mass is 457 g/mol. The van der Waals surface area contributed by atoms with Crippen molar-refractivity contribution in [2.24, 2.45) is 0 Å². The zero-order chi connectivity index (χ0) is 21.0. The molecule has 1 heterocycles. The molecule has 0 fully saturated rings. The Labute approximate surface area is 178 Å². The Balaban J connectivity index is 1.59. The van der Waals surface area contributed by atoms with Gasteiger partial charge >= 0.3 is 6.18 Å². The van der Waals surface area contributed by atoms with Gasteiger partial charge in [0.15, 0.2) is 0 Å². The van der Waals surface area contributed by atoms with Crippen molar-refractivity contribution in [2.45, 2.75) is 11.2 Å². The van der Waals surface area contributed by atoms with E-state index in [1.54, 1.807) is 24.3 Å². The minimum Gasteiger partial charge on any atom is -0.325 e. The van der Waals surface area contributed by atoms with Crippen molar-refractivity contribution < 1.29 is 18.0 Å². The maximum Gasteiger partial charge on any atom is 0.417 e. The summed E-state index contributed by atoms with van der Waals surface area (Å²) in [6, 6.07) is 13.8. The van der Waals surface area contributed by atoms with E-state index in [-0.39, 0.29) is 11.4 Å². The number of hydrogen-bond donors (Lipinski definition) is 1. The van der Waals surface area contributed by atoms with Crippen LogP contribution < -0.4 is 5.32 Å². The number of halogens is 5. The van der Waals surface area contributed by atoms with Crippen molar-refractivity contribution in [1.82, 2.24) is 10.2 Å². The standard InChI is InChI=1S/C19H12Cl2F3N3OS/c20-12-3-1-11(2-4-12)16-7-8-18(27-26-16)29-10-17(28)25-13-5-6-15(21)14(9-13)19(22,23)24/h1-9H,10H2,(H,25,28). The van der Waals surface area contributed by atoms with Crippen LogP contribution >= 0.6 is 35.0 Å². The number of benzene rings is 2. The third kappa shape index (κ3) is 5.85. The fraction of sp³-hybridized carbons (Fsp3) is 0.105. The number of anilines is 1. The number of nitrogens with zero attached hydrogens (tertiary/aromatic N) is 2. The highest BCUT2D eigenvalue weighted by atomic mass is 35.5. The SMILES string of the molecule is O=C(CSc1ccc(-c2ccc(Cl)cc2)nn1)Nc1ccc(Cl)c(C(F)(F)F)c1. The first kappa shape index (κ1) is 21.4. The fourth-order valence-electron chi connectivity index (χ4n) is 2.33. The summed E-state index contributed by atoms with van der Waals surface area (Å²) >= 11 is 12.5. The number of carbonyl (C=O) groups is 1. The minimum atomic E-state index is -4.60. The highest BCUT2D eigenvalue weighted by Crippen LogP contribution is 2.36. The smallest absolute Gasteiger partial charge is 0.325 e. The van der Waals surface area contributed by atoms with E-state index < -0.39 is 22.7 Å². The van der Waals surface area contributed by atoms with E-state index in [4.69, 9.17) is 23.2 Å². The van der Waals surface area contributed by atoms with Gasteiger partial charge in [0.25, 0.3) is 0 Å². The van der Waals surface area contributed by atoms with Crippen LogP contribution in [0.3, 0.4) is 0 Å². The van der Waals surface area contributed by atoms with E-state index in [0.29, 0.717) is 15.7 Å². The summed E-state index contributed by atoms with van der Waals surface area (Å²) in [7, 11) is 0. The third-order valence-corrected chi connectivity index (χ3v) is 5.19. The molecule has 3 aromatic rings. The van der Waals surface area contributed by atoms with E-state index in [0.717, 1.165) is 29.5 Å². The largest absolute Gasteiger partial charge is 0.417 e. The Morgan fingerprint density at radius 2 is 1.72 bits per heavy atom. The Hall–Kier alpha value is -2.29. The van der Waals surface area contributed by atoms with Crippen LogP contribution in [0.4, 0.5) is 18.9 Å². The van der Waals surface area contributed by atoms with Crippen molar-refractivity contribution in [3.8, 4) is 11.3 Å². The number of nitrogens with one attached hydrogen (secondary N) is 1. The lowest BCUT2D eigenvalue weighted by molar-refractivity contribution is -0.137. The van der Waals surface area contributed by atoms with Crippen LogP contribution in [-0.4, -0.2) is 21.9 Å². The van der Waals surface area contributed by atoms with Gasteiger partial charge in [-0.2, -0.15) is 13.2 Å². The van der Waals surface area contributed by atoms with Crippen molar-refractivity contribution in [1.29, 1.82) is 0 Å². The van der Waals surface area contributed by atoms with Crippen LogP contribution in [0.15, 0.2) is 59.6 Å². The number of aromatic nitrogens is 2. The van der Waals surface area contributed by atoms with Crippen LogP contribution in [0.1, 0.15) is 5.56 Å². The summed E-state index contributed by atoms with van der Waals surface area (Å²) in [5, 5.41) is 11.3. The molecule has 0 atom stereocenters. The van der Waals surface area contributed by atoms with E-state index in [1.165, 1.54) is 6.07 Å². The lowest BCUT2D eigenvalue weighted by atomic mass is 10.1. The zero-order valence-corrected chi connectivity index (χ0v) is 16.8. The first-order chi connectivity index (χ1) is 13.7. The van der Waals surface area contributed by atoms with Crippen molar-refractivity contribution in [3.05, 3.63) is 70.2 Å². The van der Waals surface area contributed by atoms with Gasteiger partial charge in [0.1, 0.15) is 5.03 Å². The molecule has 1 amide bonds. The van der Waals surface area contributed by atoms with Gasteiger partial charge in [-0.05, 0) is 42.5 Å². The zero-order valence-electron chi connectivity index (χ0n) is 14.5. The summed E-state index contributed by atoms with van der Waals surface area (Å²) in [6.45, 7) is 0. The van der Waals surface area contributed by atoms with Gasteiger partial charge < -0.3 is 5.32 Å². The van der Waals surface area contributed by atoms with Crippen LogP contribution in [0.2, 0.25) is 10.0 Å². The average Bonchev–Trinajstić information content (AvgIpc) is 2.68. The molecule has 0 bridgehead atoms. The summed E-state index contributed by atoms with van der Waals surface area (Å²) in [4.78, 5) is 12.0. The molecule has 0 saturated heterocycles. The van der Waals surface area contributed by atoms with Gasteiger partial charge in [-0.1, -0.05) is 47.1 Å².